The maximum Gasteiger partial charge on any atom is 0.252 e. The van der Waals surface area contributed by atoms with E-state index in [2.05, 4.69) is 52.9 Å². The molecule has 0 saturated heterocycles. The Labute approximate surface area is 215 Å². The van der Waals surface area contributed by atoms with Crippen LogP contribution >= 0.6 is 0 Å². The molecule has 0 aliphatic heterocycles. The van der Waals surface area contributed by atoms with Gasteiger partial charge in [0.1, 0.15) is 5.75 Å². The molecule has 186 valence electrons. The van der Waals surface area contributed by atoms with Crippen molar-refractivity contribution in [2.24, 2.45) is 0 Å². The van der Waals surface area contributed by atoms with Crippen LogP contribution in [-0.4, -0.2) is 11.0 Å². The van der Waals surface area contributed by atoms with Gasteiger partial charge in [0, 0.05) is 16.7 Å². The summed E-state index contributed by atoms with van der Waals surface area (Å²) in [6.45, 7) is 14.9. The van der Waals surface area contributed by atoms with Crippen LogP contribution in [-0.2, 0) is 10.8 Å². The third-order valence-electron chi connectivity index (χ3n) is 6.86. The highest BCUT2D eigenvalue weighted by Crippen LogP contribution is 2.46. The second-order valence-corrected chi connectivity index (χ2v) is 11.7. The van der Waals surface area contributed by atoms with Crippen molar-refractivity contribution in [2.45, 2.75) is 65.3 Å². The monoisotopic (exact) mass is 479 g/mol. The van der Waals surface area contributed by atoms with Gasteiger partial charge in [-0.2, -0.15) is 0 Å². The van der Waals surface area contributed by atoms with Crippen molar-refractivity contribution >= 4 is 16.7 Å². The predicted molar refractivity (Wildman–Crippen MR) is 151 cm³/mol. The van der Waals surface area contributed by atoms with Crippen LogP contribution < -0.4 is 5.32 Å². The zero-order valence-electron chi connectivity index (χ0n) is 22.4. The average Bonchev–Trinajstić information content (AvgIpc) is 2.82. The summed E-state index contributed by atoms with van der Waals surface area (Å²) in [6, 6.07) is 25.8. The maximum absolute atomic E-state index is 13.8. The Morgan fingerprint density at radius 3 is 2.06 bits per heavy atom. The first-order valence-electron chi connectivity index (χ1n) is 12.6. The van der Waals surface area contributed by atoms with Gasteiger partial charge in [-0.05, 0) is 57.3 Å². The molecule has 4 rings (SSSR count). The van der Waals surface area contributed by atoms with Gasteiger partial charge in [-0.1, -0.05) is 108 Å². The Kier molecular flexibility index (Phi) is 6.70. The van der Waals surface area contributed by atoms with Crippen LogP contribution in [0.5, 0.6) is 5.75 Å². The Morgan fingerprint density at radius 2 is 1.42 bits per heavy atom. The number of hydrogen-bond donors (Lipinski definition) is 2. The Balaban J connectivity index is 1.97. The van der Waals surface area contributed by atoms with Crippen molar-refractivity contribution in [1.82, 2.24) is 5.32 Å². The van der Waals surface area contributed by atoms with Crippen LogP contribution in [0.25, 0.3) is 21.9 Å². The zero-order valence-corrected chi connectivity index (χ0v) is 22.4. The van der Waals surface area contributed by atoms with Crippen molar-refractivity contribution in [3.63, 3.8) is 0 Å². The van der Waals surface area contributed by atoms with Crippen LogP contribution in [0.15, 0.2) is 78.9 Å². The third kappa shape index (κ3) is 5.02. The van der Waals surface area contributed by atoms with E-state index in [4.69, 9.17) is 0 Å². The summed E-state index contributed by atoms with van der Waals surface area (Å²) >= 11 is 0. The van der Waals surface area contributed by atoms with E-state index in [1.807, 2.05) is 79.7 Å². The number of hydrogen-bond acceptors (Lipinski definition) is 2. The zero-order chi connectivity index (χ0) is 26.3. The summed E-state index contributed by atoms with van der Waals surface area (Å²) in [5, 5.41) is 16.7. The summed E-state index contributed by atoms with van der Waals surface area (Å²) in [7, 11) is 0. The second kappa shape index (κ2) is 9.46. The Bertz CT molecular complexity index is 1410. The van der Waals surface area contributed by atoms with E-state index in [0.717, 1.165) is 38.6 Å². The van der Waals surface area contributed by atoms with E-state index >= 15 is 0 Å². The number of nitrogens with one attached hydrogen (secondary N) is 1. The van der Waals surface area contributed by atoms with Crippen molar-refractivity contribution in [3.05, 3.63) is 101 Å². The number of amides is 1. The topological polar surface area (TPSA) is 49.3 Å². The van der Waals surface area contributed by atoms with Gasteiger partial charge in [0.2, 0.25) is 0 Å². The first kappa shape index (κ1) is 25.5. The Hall–Kier alpha value is -3.59. The maximum atomic E-state index is 13.8. The molecule has 0 aliphatic rings. The largest absolute Gasteiger partial charge is 0.507 e. The molecule has 1 amide bonds. The fourth-order valence-electron chi connectivity index (χ4n) is 4.74. The molecular formula is C33H37NO2. The molecule has 36 heavy (non-hydrogen) atoms. The summed E-state index contributed by atoms with van der Waals surface area (Å²) < 4.78 is 0. The number of rotatable bonds is 4. The minimum atomic E-state index is -0.254. The molecule has 0 saturated carbocycles. The minimum Gasteiger partial charge on any atom is -0.507 e. The number of benzene rings is 4. The molecule has 0 aromatic heterocycles. The van der Waals surface area contributed by atoms with Crippen molar-refractivity contribution < 1.29 is 9.90 Å². The third-order valence-corrected chi connectivity index (χ3v) is 6.86. The number of phenolic OH excluding ortho intramolecular Hbond substituents is 1. The molecule has 0 spiro atoms. The van der Waals surface area contributed by atoms with Gasteiger partial charge in [0.25, 0.3) is 5.91 Å². The van der Waals surface area contributed by atoms with Crippen molar-refractivity contribution in [3.8, 4) is 16.9 Å². The highest BCUT2D eigenvalue weighted by atomic mass is 16.3. The standard InChI is InChI=1S/C33H37NO2/c1-21(22-13-9-8-10-14-22)34-31(36)26-18-17-23-15-11-12-16-25(23)29(26)30-27(33(5,6)7)19-24(20-28(30)35)32(2,3)4/h8-21,35H,1-7H3,(H,34,36). The fourth-order valence-corrected chi connectivity index (χ4v) is 4.74. The molecule has 4 aromatic carbocycles. The SMILES string of the molecule is CC(NC(=O)c1ccc2ccccc2c1-c1c(O)cc(C(C)(C)C)cc1C(C)(C)C)c1ccccc1. The highest BCUT2D eigenvalue weighted by molar-refractivity contribution is 6.11. The molecule has 0 bridgehead atoms. The molecule has 1 unspecified atom stereocenters. The smallest absolute Gasteiger partial charge is 0.252 e. The van der Waals surface area contributed by atoms with Crippen molar-refractivity contribution in [1.29, 1.82) is 0 Å². The number of carbonyl (C=O) groups excluding carboxylic acids is 1. The predicted octanol–water partition coefficient (Wildman–Crippen LogP) is 8.30. The van der Waals surface area contributed by atoms with Crippen LogP contribution in [0.1, 0.15) is 81.6 Å². The summed E-state index contributed by atoms with van der Waals surface area (Å²) in [5.74, 6) is 0.0418. The molecule has 0 aliphatic carbocycles. The fraction of sp³-hybridized carbons (Fsp3) is 0.303. The highest BCUT2D eigenvalue weighted by Gasteiger charge is 2.29. The summed E-state index contributed by atoms with van der Waals surface area (Å²) in [4.78, 5) is 13.8. The van der Waals surface area contributed by atoms with Crippen LogP contribution in [0.4, 0.5) is 0 Å². The Morgan fingerprint density at radius 1 is 0.778 bits per heavy atom. The lowest BCUT2D eigenvalue weighted by Gasteiger charge is -2.29. The molecule has 2 N–H and O–H groups in total. The average molecular weight is 480 g/mol. The molecule has 1 atom stereocenters. The minimum absolute atomic E-state index is 0.125. The van der Waals surface area contributed by atoms with Crippen LogP contribution in [0, 0.1) is 0 Å². The van der Waals surface area contributed by atoms with Crippen LogP contribution in [0.3, 0.4) is 0 Å². The quantitative estimate of drug-likeness (QED) is 0.309. The molecule has 3 heteroatoms. The molecule has 0 heterocycles. The van der Waals surface area contributed by atoms with E-state index in [9.17, 15) is 9.90 Å². The van der Waals surface area contributed by atoms with Crippen LogP contribution in [0.2, 0.25) is 0 Å². The summed E-state index contributed by atoms with van der Waals surface area (Å²) in [5.41, 5.74) is 4.81. The summed E-state index contributed by atoms with van der Waals surface area (Å²) in [6.07, 6.45) is 0. The van der Waals surface area contributed by atoms with Gasteiger partial charge in [-0.25, -0.2) is 0 Å². The molecule has 0 radical (unpaired) electrons. The number of carbonyl (C=O) groups is 1. The van der Waals surface area contributed by atoms with Gasteiger partial charge in [-0.3, -0.25) is 4.79 Å². The normalized spacial score (nSPS) is 13.0. The lowest BCUT2D eigenvalue weighted by atomic mass is 9.75. The first-order valence-corrected chi connectivity index (χ1v) is 12.6. The van der Waals surface area contributed by atoms with Gasteiger partial charge in [0.05, 0.1) is 6.04 Å². The molecule has 3 nitrogen and oxygen atoms in total. The number of fused-ring (bicyclic) bond motifs is 1. The van der Waals surface area contributed by atoms with E-state index in [-0.39, 0.29) is 28.5 Å². The first-order chi connectivity index (χ1) is 16.9. The number of phenols is 1. The van der Waals surface area contributed by atoms with Gasteiger partial charge >= 0.3 is 0 Å². The lowest BCUT2D eigenvalue weighted by molar-refractivity contribution is 0.0940. The van der Waals surface area contributed by atoms with Gasteiger partial charge < -0.3 is 10.4 Å². The number of aromatic hydroxyl groups is 1. The van der Waals surface area contributed by atoms with E-state index in [0.29, 0.717) is 5.56 Å². The second-order valence-electron chi connectivity index (χ2n) is 11.7. The van der Waals surface area contributed by atoms with E-state index in [1.54, 1.807) is 0 Å². The van der Waals surface area contributed by atoms with Gasteiger partial charge in [0.15, 0.2) is 0 Å². The lowest BCUT2D eigenvalue weighted by Crippen LogP contribution is -2.27. The van der Waals surface area contributed by atoms with Gasteiger partial charge in [-0.15, -0.1) is 0 Å². The molecular weight excluding hydrogens is 442 g/mol. The molecule has 0 fully saturated rings. The van der Waals surface area contributed by atoms with Crippen molar-refractivity contribution in [2.75, 3.05) is 0 Å². The van der Waals surface area contributed by atoms with E-state index in [1.165, 1.54) is 0 Å². The van der Waals surface area contributed by atoms with E-state index < -0.39 is 0 Å². The molecule has 4 aromatic rings.